The van der Waals surface area contributed by atoms with E-state index in [1.165, 1.54) is 0 Å². The summed E-state index contributed by atoms with van der Waals surface area (Å²) in [6.07, 6.45) is 0. The standard InChI is InChI=1S/C13H16BrNO2/c1-9(2)8-15(3)13(16)11-7-10(17-4)5-6-12(11)14/h5-7H,1,8H2,2-4H3. The molecule has 0 aromatic heterocycles. The molecule has 0 fully saturated rings. The molecule has 0 atom stereocenters. The van der Waals surface area contributed by atoms with Crippen LogP contribution in [-0.4, -0.2) is 31.5 Å². The van der Waals surface area contributed by atoms with Crippen LogP contribution >= 0.6 is 15.9 Å². The van der Waals surface area contributed by atoms with Crippen LogP contribution in [-0.2, 0) is 0 Å². The van der Waals surface area contributed by atoms with Crippen molar-refractivity contribution in [2.24, 2.45) is 0 Å². The number of carbonyl (C=O) groups is 1. The van der Waals surface area contributed by atoms with Crippen LogP contribution < -0.4 is 4.74 Å². The summed E-state index contributed by atoms with van der Waals surface area (Å²) in [5.74, 6) is 0.610. The molecule has 0 saturated carbocycles. The summed E-state index contributed by atoms with van der Waals surface area (Å²) in [5.41, 5.74) is 1.54. The number of nitrogens with zero attached hydrogens (tertiary/aromatic N) is 1. The Morgan fingerprint density at radius 2 is 2.18 bits per heavy atom. The van der Waals surface area contributed by atoms with Gasteiger partial charge < -0.3 is 9.64 Å². The Labute approximate surface area is 110 Å². The van der Waals surface area contributed by atoms with E-state index in [0.29, 0.717) is 17.9 Å². The Morgan fingerprint density at radius 1 is 1.53 bits per heavy atom. The van der Waals surface area contributed by atoms with Gasteiger partial charge >= 0.3 is 0 Å². The maximum atomic E-state index is 12.2. The van der Waals surface area contributed by atoms with Crippen LogP contribution in [0.4, 0.5) is 0 Å². The number of ether oxygens (including phenoxy) is 1. The predicted molar refractivity (Wildman–Crippen MR) is 72.5 cm³/mol. The van der Waals surface area contributed by atoms with Gasteiger partial charge in [0.05, 0.1) is 12.7 Å². The van der Waals surface area contributed by atoms with Gasteiger partial charge in [0.15, 0.2) is 0 Å². The molecule has 4 heteroatoms. The first-order valence-electron chi connectivity index (χ1n) is 5.19. The van der Waals surface area contributed by atoms with Crippen molar-refractivity contribution in [3.8, 4) is 5.75 Å². The lowest BCUT2D eigenvalue weighted by molar-refractivity contribution is 0.0805. The number of hydrogen-bond donors (Lipinski definition) is 0. The lowest BCUT2D eigenvalue weighted by Crippen LogP contribution is -2.28. The molecular weight excluding hydrogens is 282 g/mol. The van der Waals surface area contributed by atoms with E-state index in [1.807, 2.05) is 6.92 Å². The van der Waals surface area contributed by atoms with Crippen molar-refractivity contribution in [2.75, 3.05) is 20.7 Å². The average Bonchev–Trinajstić information content (AvgIpc) is 2.28. The monoisotopic (exact) mass is 297 g/mol. The molecule has 0 heterocycles. The van der Waals surface area contributed by atoms with Crippen molar-refractivity contribution in [3.05, 3.63) is 40.4 Å². The second-order valence-electron chi connectivity index (χ2n) is 3.96. The predicted octanol–water partition coefficient (Wildman–Crippen LogP) is 3.11. The number of hydrogen-bond acceptors (Lipinski definition) is 2. The van der Waals surface area contributed by atoms with Crippen LogP contribution in [0.5, 0.6) is 5.75 Å². The first-order chi connectivity index (χ1) is 7.95. The topological polar surface area (TPSA) is 29.5 Å². The van der Waals surface area contributed by atoms with Gasteiger partial charge in [-0.05, 0) is 41.1 Å². The van der Waals surface area contributed by atoms with Gasteiger partial charge in [0.2, 0.25) is 0 Å². The van der Waals surface area contributed by atoms with Gasteiger partial charge in [0.1, 0.15) is 5.75 Å². The van der Waals surface area contributed by atoms with E-state index >= 15 is 0 Å². The summed E-state index contributed by atoms with van der Waals surface area (Å²) in [6, 6.07) is 5.33. The van der Waals surface area contributed by atoms with E-state index in [1.54, 1.807) is 37.3 Å². The minimum Gasteiger partial charge on any atom is -0.497 e. The Hall–Kier alpha value is -1.29. The summed E-state index contributed by atoms with van der Waals surface area (Å²) in [4.78, 5) is 13.8. The van der Waals surface area contributed by atoms with Crippen LogP contribution in [0, 0.1) is 0 Å². The van der Waals surface area contributed by atoms with Gasteiger partial charge in [-0.2, -0.15) is 0 Å². The molecule has 17 heavy (non-hydrogen) atoms. The highest BCUT2D eigenvalue weighted by molar-refractivity contribution is 9.10. The van der Waals surface area contributed by atoms with Crippen molar-refractivity contribution in [3.63, 3.8) is 0 Å². The molecule has 0 unspecified atom stereocenters. The van der Waals surface area contributed by atoms with Crippen LogP contribution in [0.2, 0.25) is 0 Å². The molecule has 92 valence electrons. The number of halogens is 1. The molecule has 0 spiro atoms. The molecule has 0 aliphatic rings. The minimum atomic E-state index is -0.0567. The van der Waals surface area contributed by atoms with Crippen LogP contribution in [0.3, 0.4) is 0 Å². The molecular formula is C13H16BrNO2. The molecule has 1 amide bonds. The lowest BCUT2D eigenvalue weighted by atomic mass is 10.2. The fourth-order valence-corrected chi connectivity index (χ4v) is 1.89. The Balaban J connectivity index is 2.98. The van der Waals surface area contributed by atoms with E-state index in [2.05, 4.69) is 22.5 Å². The number of methoxy groups -OCH3 is 1. The van der Waals surface area contributed by atoms with E-state index in [-0.39, 0.29) is 5.91 Å². The first-order valence-corrected chi connectivity index (χ1v) is 5.98. The maximum absolute atomic E-state index is 12.2. The fraction of sp³-hybridized carbons (Fsp3) is 0.308. The quantitative estimate of drug-likeness (QED) is 0.799. The molecule has 0 radical (unpaired) electrons. The third kappa shape index (κ3) is 3.60. The molecule has 0 aliphatic heterocycles. The second-order valence-corrected chi connectivity index (χ2v) is 4.82. The van der Waals surface area contributed by atoms with E-state index in [0.717, 1.165) is 10.0 Å². The van der Waals surface area contributed by atoms with Crippen molar-refractivity contribution >= 4 is 21.8 Å². The number of carbonyl (C=O) groups excluding carboxylic acids is 1. The van der Waals surface area contributed by atoms with Crippen molar-refractivity contribution in [1.82, 2.24) is 4.90 Å². The largest absolute Gasteiger partial charge is 0.497 e. The SMILES string of the molecule is C=C(C)CN(C)C(=O)c1cc(OC)ccc1Br. The van der Waals surface area contributed by atoms with Crippen molar-refractivity contribution in [2.45, 2.75) is 6.92 Å². The Kier molecular flexibility index (Phi) is 4.75. The molecule has 0 aliphatic carbocycles. The summed E-state index contributed by atoms with van der Waals surface area (Å²) < 4.78 is 5.87. The van der Waals surface area contributed by atoms with Gasteiger partial charge in [-0.25, -0.2) is 0 Å². The Morgan fingerprint density at radius 3 is 2.71 bits per heavy atom. The van der Waals surface area contributed by atoms with E-state index in [9.17, 15) is 4.79 Å². The highest BCUT2D eigenvalue weighted by Gasteiger charge is 2.15. The van der Waals surface area contributed by atoms with Crippen molar-refractivity contribution in [1.29, 1.82) is 0 Å². The molecule has 0 N–H and O–H groups in total. The Bertz CT molecular complexity index is 443. The zero-order valence-electron chi connectivity index (χ0n) is 10.3. The van der Waals surface area contributed by atoms with Gasteiger partial charge in [-0.15, -0.1) is 0 Å². The number of likely N-dealkylation sites (N-methyl/N-ethyl adjacent to an activating group) is 1. The summed E-state index contributed by atoms with van der Waals surface area (Å²) in [5, 5.41) is 0. The van der Waals surface area contributed by atoms with E-state index < -0.39 is 0 Å². The number of amides is 1. The van der Waals surface area contributed by atoms with Crippen LogP contribution in [0.1, 0.15) is 17.3 Å². The molecule has 1 rings (SSSR count). The van der Waals surface area contributed by atoms with Crippen LogP contribution in [0.25, 0.3) is 0 Å². The van der Waals surface area contributed by atoms with Crippen LogP contribution in [0.15, 0.2) is 34.8 Å². The minimum absolute atomic E-state index is 0.0567. The summed E-state index contributed by atoms with van der Waals surface area (Å²) in [6.45, 7) is 6.23. The molecule has 3 nitrogen and oxygen atoms in total. The molecule has 0 saturated heterocycles. The third-order valence-electron chi connectivity index (χ3n) is 2.26. The average molecular weight is 298 g/mol. The number of benzene rings is 1. The zero-order chi connectivity index (χ0) is 13.0. The van der Waals surface area contributed by atoms with Crippen molar-refractivity contribution < 1.29 is 9.53 Å². The smallest absolute Gasteiger partial charge is 0.255 e. The fourth-order valence-electron chi connectivity index (χ4n) is 1.48. The molecule has 0 bridgehead atoms. The lowest BCUT2D eigenvalue weighted by Gasteiger charge is -2.18. The molecule has 1 aromatic carbocycles. The normalized spacial score (nSPS) is 9.88. The molecule has 1 aromatic rings. The highest BCUT2D eigenvalue weighted by Crippen LogP contribution is 2.23. The van der Waals surface area contributed by atoms with Gasteiger partial charge in [0, 0.05) is 18.1 Å². The first kappa shape index (κ1) is 13.8. The summed E-state index contributed by atoms with van der Waals surface area (Å²) >= 11 is 3.37. The van der Waals surface area contributed by atoms with Gasteiger partial charge in [-0.3, -0.25) is 4.79 Å². The van der Waals surface area contributed by atoms with Gasteiger partial charge in [0.25, 0.3) is 5.91 Å². The second kappa shape index (κ2) is 5.87. The highest BCUT2D eigenvalue weighted by atomic mass is 79.9. The number of rotatable bonds is 4. The summed E-state index contributed by atoms with van der Waals surface area (Å²) in [7, 11) is 3.33. The third-order valence-corrected chi connectivity index (χ3v) is 2.95. The maximum Gasteiger partial charge on any atom is 0.255 e. The zero-order valence-corrected chi connectivity index (χ0v) is 11.9. The van der Waals surface area contributed by atoms with Gasteiger partial charge in [-0.1, -0.05) is 12.2 Å². The van der Waals surface area contributed by atoms with E-state index in [4.69, 9.17) is 4.74 Å².